The molecule has 2 rings (SSSR count). The number of rotatable bonds is 1. The van der Waals surface area contributed by atoms with Gasteiger partial charge in [-0.05, 0) is 12.8 Å². The molecule has 1 aliphatic rings. The Hall–Kier alpha value is -0.850. The molecule has 1 aromatic heterocycles. The van der Waals surface area contributed by atoms with Gasteiger partial charge in [0.2, 0.25) is 0 Å². The van der Waals surface area contributed by atoms with Crippen LogP contribution in [0.4, 0.5) is 0 Å². The summed E-state index contributed by atoms with van der Waals surface area (Å²) in [6, 6.07) is 6.66. The summed E-state index contributed by atoms with van der Waals surface area (Å²) >= 11 is 0. The molecule has 0 amide bonds. The Morgan fingerprint density at radius 1 is 1.06 bits per heavy atom. The normalized spacial score (nSPS) is 18.7. The second-order valence-electron chi connectivity index (χ2n) is 6.00. The lowest BCUT2D eigenvalue weighted by Gasteiger charge is -2.24. The topological polar surface area (TPSA) is 3.88 Å². The van der Waals surface area contributed by atoms with E-state index in [1.807, 2.05) is 0 Å². The van der Waals surface area contributed by atoms with Crippen LogP contribution >= 0.6 is 0 Å². The van der Waals surface area contributed by atoms with Gasteiger partial charge in [0.25, 0.3) is 0 Å². The first-order chi connectivity index (χ1) is 7.59. The molecule has 0 radical (unpaired) electrons. The van der Waals surface area contributed by atoms with Gasteiger partial charge >= 0.3 is 0 Å². The number of hydrogen-bond donors (Lipinski definition) is 0. The first kappa shape index (κ1) is 11.6. The number of aromatic nitrogens is 1. The zero-order chi connectivity index (χ0) is 11.6. The summed E-state index contributed by atoms with van der Waals surface area (Å²) in [5.74, 6) is 0.786. The van der Waals surface area contributed by atoms with Gasteiger partial charge in [0.15, 0.2) is 17.4 Å². The van der Waals surface area contributed by atoms with Crippen LogP contribution in [0.25, 0.3) is 0 Å². The van der Waals surface area contributed by atoms with E-state index in [4.69, 9.17) is 0 Å². The van der Waals surface area contributed by atoms with Crippen LogP contribution in [0.5, 0.6) is 0 Å². The van der Waals surface area contributed by atoms with E-state index in [1.165, 1.54) is 37.8 Å². The minimum Gasteiger partial charge on any atom is -0.198 e. The van der Waals surface area contributed by atoms with Crippen molar-refractivity contribution in [1.29, 1.82) is 0 Å². The zero-order valence-corrected chi connectivity index (χ0v) is 10.9. The number of pyridine rings is 1. The highest BCUT2D eigenvalue weighted by atomic mass is 15.0. The van der Waals surface area contributed by atoms with Crippen molar-refractivity contribution in [3.05, 3.63) is 30.1 Å². The number of hydrogen-bond acceptors (Lipinski definition) is 0. The van der Waals surface area contributed by atoms with Crippen molar-refractivity contribution in [2.24, 2.45) is 0 Å². The quantitative estimate of drug-likeness (QED) is 0.632. The van der Waals surface area contributed by atoms with E-state index >= 15 is 0 Å². The molecule has 1 heterocycles. The summed E-state index contributed by atoms with van der Waals surface area (Å²) in [6.45, 7) is 6.87. The summed E-state index contributed by atoms with van der Waals surface area (Å²) in [6.07, 6.45) is 9.23. The molecule has 0 bridgehead atoms. The lowest BCUT2D eigenvalue weighted by Crippen LogP contribution is -2.53. The van der Waals surface area contributed by atoms with Crippen LogP contribution in [-0.4, -0.2) is 0 Å². The molecule has 0 spiro atoms. The van der Waals surface area contributed by atoms with Crippen molar-refractivity contribution < 1.29 is 4.57 Å². The molecule has 0 N–H and O–H groups in total. The highest BCUT2D eigenvalue weighted by molar-refractivity contribution is 5.05. The van der Waals surface area contributed by atoms with E-state index < -0.39 is 0 Å². The molecular weight excluding hydrogens is 194 g/mol. The second-order valence-corrected chi connectivity index (χ2v) is 6.00. The average Bonchev–Trinajstić information content (AvgIpc) is 2.29. The summed E-state index contributed by atoms with van der Waals surface area (Å²) < 4.78 is 2.46. The maximum Gasteiger partial charge on any atom is 0.184 e. The molecule has 1 aromatic rings. The highest BCUT2D eigenvalue weighted by Crippen LogP contribution is 2.31. The third kappa shape index (κ3) is 2.45. The Bertz CT molecular complexity index is 343. The van der Waals surface area contributed by atoms with Gasteiger partial charge in [0.1, 0.15) is 0 Å². The maximum absolute atomic E-state index is 2.46. The molecule has 0 atom stereocenters. The van der Waals surface area contributed by atoms with Crippen LogP contribution in [0.1, 0.15) is 64.5 Å². The van der Waals surface area contributed by atoms with Crippen LogP contribution in [0.3, 0.4) is 0 Å². The molecule has 88 valence electrons. The molecule has 1 nitrogen and oxygen atoms in total. The van der Waals surface area contributed by atoms with Crippen molar-refractivity contribution in [2.75, 3.05) is 0 Å². The molecule has 0 unspecified atom stereocenters. The van der Waals surface area contributed by atoms with Gasteiger partial charge in [-0.1, -0.05) is 25.3 Å². The number of nitrogens with zero attached hydrogens (tertiary/aromatic N) is 1. The third-order valence-corrected chi connectivity index (χ3v) is 3.64. The van der Waals surface area contributed by atoms with E-state index in [0.29, 0.717) is 0 Å². The fraction of sp³-hybridized carbons (Fsp3) is 0.667. The standard InChI is InChI=1S/C15H24N/c1-15(2,3)16-12-8-7-11-14(16)13-9-5-4-6-10-13/h7-8,11-13H,4-6,9-10H2,1-3H3/q+1. The molecule has 0 saturated heterocycles. The van der Waals surface area contributed by atoms with E-state index in [0.717, 1.165) is 5.92 Å². The Morgan fingerprint density at radius 3 is 2.38 bits per heavy atom. The summed E-state index contributed by atoms with van der Waals surface area (Å²) in [4.78, 5) is 0. The van der Waals surface area contributed by atoms with Crippen LogP contribution in [0.15, 0.2) is 24.4 Å². The maximum atomic E-state index is 2.46. The summed E-state index contributed by atoms with van der Waals surface area (Å²) in [7, 11) is 0. The van der Waals surface area contributed by atoms with Crippen molar-refractivity contribution in [1.82, 2.24) is 0 Å². The fourth-order valence-electron chi connectivity index (χ4n) is 2.80. The van der Waals surface area contributed by atoms with Crippen LogP contribution in [0, 0.1) is 0 Å². The van der Waals surface area contributed by atoms with Crippen molar-refractivity contribution in [2.45, 2.75) is 64.3 Å². The van der Waals surface area contributed by atoms with Crippen LogP contribution in [-0.2, 0) is 5.54 Å². The third-order valence-electron chi connectivity index (χ3n) is 3.64. The predicted molar refractivity (Wildman–Crippen MR) is 67.5 cm³/mol. The molecule has 1 saturated carbocycles. The predicted octanol–water partition coefficient (Wildman–Crippen LogP) is 3.78. The highest BCUT2D eigenvalue weighted by Gasteiger charge is 2.30. The largest absolute Gasteiger partial charge is 0.198 e. The molecule has 1 heteroatoms. The Balaban J connectivity index is 2.32. The SMILES string of the molecule is CC(C)(C)[n+]1ccccc1C1CCCCC1. The zero-order valence-electron chi connectivity index (χ0n) is 10.9. The molecule has 1 fully saturated rings. The molecular formula is C15H24N+. The molecule has 0 aliphatic heterocycles. The Labute approximate surface area is 99.5 Å². The fourth-order valence-corrected chi connectivity index (χ4v) is 2.80. The lowest BCUT2D eigenvalue weighted by atomic mass is 9.86. The molecule has 0 aromatic carbocycles. The first-order valence-corrected chi connectivity index (χ1v) is 6.60. The van der Waals surface area contributed by atoms with Gasteiger partial charge in [-0.25, -0.2) is 0 Å². The van der Waals surface area contributed by atoms with Gasteiger partial charge in [-0.15, -0.1) is 0 Å². The Kier molecular flexibility index (Phi) is 3.32. The van der Waals surface area contributed by atoms with Crippen molar-refractivity contribution >= 4 is 0 Å². The van der Waals surface area contributed by atoms with Gasteiger partial charge in [0.05, 0.1) is 0 Å². The molecule has 1 aliphatic carbocycles. The van der Waals surface area contributed by atoms with E-state index in [-0.39, 0.29) is 5.54 Å². The molecule has 16 heavy (non-hydrogen) atoms. The minimum absolute atomic E-state index is 0.202. The Morgan fingerprint density at radius 2 is 1.75 bits per heavy atom. The van der Waals surface area contributed by atoms with Crippen LogP contribution in [0.2, 0.25) is 0 Å². The van der Waals surface area contributed by atoms with Crippen molar-refractivity contribution in [3.8, 4) is 0 Å². The van der Waals surface area contributed by atoms with Gasteiger partial charge in [0, 0.05) is 38.8 Å². The second kappa shape index (κ2) is 4.57. The first-order valence-electron chi connectivity index (χ1n) is 6.60. The van der Waals surface area contributed by atoms with Crippen molar-refractivity contribution in [3.63, 3.8) is 0 Å². The van der Waals surface area contributed by atoms with Gasteiger partial charge in [-0.2, -0.15) is 4.57 Å². The van der Waals surface area contributed by atoms with E-state index in [9.17, 15) is 0 Å². The minimum atomic E-state index is 0.202. The van der Waals surface area contributed by atoms with Crippen LogP contribution < -0.4 is 4.57 Å². The monoisotopic (exact) mass is 218 g/mol. The van der Waals surface area contributed by atoms with Gasteiger partial charge in [-0.3, -0.25) is 0 Å². The summed E-state index contributed by atoms with van der Waals surface area (Å²) in [5.41, 5.74) is 1.74. The summed E-state index contributed by atoms with van der Waals surface area (Å²) in [5, 5.41) is 0. The average molecular weight is 218 g/mol. The smallest absolute Gasteiger partial charge is 0.184 e. The van der Waals surface area contributed by atoms with E-state index in [1.54, 1.807) is 0 Å². The van der Waals surface area contributed by atoms with E-state index in [2.05, 4.69) is 49.7 Å². The lowest BCUT2D eigenvalue weighted by molar-refractivity contribution is -0.761. The van der Waals surface area contributed by atoms with Gasteiger partial charge < -0.3 is 0 Å².